The maximum Gasteiger partial charge on any atom is 0.513 e. The van der Waals surface area contributed by atoms with Crippen LogP contribution < -0.4 is 15.3 Å². The summed E-state index contributed by atoms with van der Waals surface area (Å²) in [5.74, 6) is -0.418. The summed E-state index contributed by atoms with van der Waals surface area (Å²) in [4.78, 5) is 27.8. The number of thiazole rings is 1. The van der Waals surface area contributed by atoms with Crippen LogP contribution in [0.2, 0.25) is 0 Å². The van der Waals surface area contributed by atoms with Gasteiger partial charge in [0.2, 0.25) is 0 Å². The summed E-state index contributed by atoms with van der Waals surface area (Å²) in [6.07, 6.45) is 0.201. The number of hydrogen-bond donors (Lipinski definition) is 2. The highest BCUT2D eigenvalue weighted by Gasteiger charge is 2.17. The topological polar surface area (TPSA) is 124 Å². The zero-order valence-corrected chi connectivity index (χ0v) is 14.3. The molecule has 25 heavy (non-hydrogen) atoms. The Bertz CT molecular complexity index is 746. The molecule has 134 valence electrons. The van der Waals surface area contributed by atoms with E-state index in [1.165, 1.54) is 12.1 Å². The van der Waals surface area contributed by atoms with E-state index in [0.717, 1.165) is 17.5 Å². The van der Waals surface area contributed by atoms with E-state index in [1.807, 2.05) is 13.8 Å². The summed E-state index contributed by atoms with van der Waals surface area (Å²) in [6.45, 7) is 3.96. The summed E-state index contributed by atoms with van der Waals surface area (Å²) in [5, 5.41) is 21.7. The van der Waals surface area contributed by atoms with Crippen molar-refractivity contribution in [3.05, 3.63) is 41.2 Å². The van der Waals surface area contributed by atoms with Gasteiger partial charge in [-0.05, 0) is 18.1 Å². The van der Waals surface area contributed by atoms with Gasteiger partial charge >= 0.3 is 6.16 Å². The Morgan fingerprint density at radius 2 is 2.12 bits per heavy atom. The van der Waals surface area contributed by atoms with E-state index in [1.54, 1.807) is 12.1 Å². The van der Waals surface area contributed by atoms with Gasteiger partial charge in [-0.1, -0.05) is 37.3 Å². The van der Waals surface area contributed by atoms with E-state index in [9.17, 15) is 14.8 Å². The maximum absolute atomic E-state index is 12.3. The van der Waals surface area contributed by atoms with Crippen LogP contribution in [-0.2, 0) is 4.74 Å². The van der Waals surface area contributed by atoms with Crippen molar-refractivity contribution in [3.63, 3.8) is 0 Å². The predicted octanol–water partition coefficient (Wildman–Crippen LogP) is 3.26. The van der Waals surface area contributed by atoms with Crippen molar-refractivity contribution in [1.29, 1.82) is 0 Å². The molecule has 0 unspecified atom stereocenters. The monoisotopic (exact) mass is 366 g/mol. The second-order valence-corrected chi connectivity index (χ2v) is 6.29. The fourth-order valence-electron chi connectivity index (χ4n) is 1.67. The first-order valence-corrected chi connectivity index (χ1v) is 8.05. The molecule has 0 spiro atoms. The number of amides is 1. The molecule has 10 heteroatoms. The minimum atomic E-state index is -0.909. The van der Waals surface area contributed by atoms with Crippen molar-refractivity contribution in [1.82, 2.24) is 4.98 Å². The van der Waals surface area contributed by atoms with Crippen LogP contribution in [-0.4, -0.2) is 28.9 Å². The standard InChI is InChI=1S/C15H16N3O6S/c1-9(2)8-23-15(20)24-11-6-4-3-5-10(11)13(19)17-14-16-7-12(25-14)18(21)22/h3-7,9,21H,8H2,1-2H3,(H,16,17,19)/q-1. The van der Waals surface area contributed by atoms with Gasteiger partial charge in [-0.25, -0.2) is 9.78 Å². The smallest absolute Gasteiger partial charge is 0.513 e. The lowest BCUT2D eigenvalue weighted by atomic mass is 10.2. The van der Waals surface area contributed by atoms with Crippen LogP contribution in [0.1, 0.15) is 24.2 Å². The van der Waals surface area contributed by atoms with E-state index in [2.05, 4.69) is 10.3 Å². The molecule has 1 heterocycles. The molecule has 0 radical (unpaired) electrons. The zero-order chi connectivity index (χ0) is 18.4. The normalized spacial score (nSPS) is 10.4. The van der Waals surface area contributed by atoms with Gasteiger partial charge in [0.25, 0.3) is 5.91 Å². The maximum atomic E-state index is 12.3. The summed E-state index contributed by atoms with van der Waals surface area (Å²) >= 11 is 0.783. The van der Waals surface area contributed by atoms with Crippen LogP contribution in [0.5, 0.6) is 5.75 Å². The van der Waals surface area contributed by atoms with Gasteiger partial charge in [0.1, 0.15) is 10.8 Å². The van der Waals surface area contributed by atoms with Crippen LogP contribution in [0.4, 0.5) is 14.9 Å². The van der Waals surface area contributed by atoms with Crippen LogP contribution in [0.3, 0.4) is 0 Å². The number of carbonyl (C=O) groups is 2. The summed E-state index contributed by atoms with van der Waals surface area (Å²) in [7, 11) is 0. The molecule has 1 aromatic heterocycles. The van der Waals surface area contributed by atoms with E-state index >= 15 is 0 Å². The van der Waals surface area contributed by atoms with Crippen molar-refractivity contribution in [2.45, 2.75) is 13.8 Å². The minimum absolute atomic E-state index is 0.0261. The molecule has 2 aromatic rings. The van der Waals surface area contributed by atoms with Gasteiger partial charge in [-0.15, -0.1) is 0 Å². The second kappa shape index (κ2) is 8.42. The number of ether oxygens (including phenoxy) is 2. The Morgan fingerprint density at radius 1 is 1.40 bits per heavy atom. The zero-order valence-electron chi connectivity index (χ0n) is 13.5. The second-order valence-electron chi connectivity index (χ2n) is 5.28. The van der Waals surface area contributed by atoms with Crippen molar-refractivity contribution >= 4 is 33.5 Å². The highest BCUT2D eigenvalue weighted by molar-refractivity contribution is 7.19. The van der Waals surface area contributed by atoms with E-state index in [0.29, 0.717) is 0 Å². The molecule has 1 aromatic carbocycles. The first kappa shape index (κ1) is 18.6. The van der Waals surface area contributed by atoms with Crippen molar-refractivity contribution in [3.8, 4) is 5.75 Å². The van der Waals surface area contributed by atoms with Crippen LogP contribution >= 0.6 is 11.3 Å². The predicted molar refractivity (Wildman–Crippen MR) is 91.0 cm³/mol. The first-order chi connectivity index (χ1) is 11.9. The summed E-state index contributed by atoms with van der Waals surface area (Å²) in [6, 6.07) is 6.11. The number of rotatable bonds is 6. The number of nitrogens with one attached hydrogen (secondary N) is 1. The van der Waals surface area contributed by atoms with Gasteiger partial charge in [0.05, 0.1) is 18.4 Å². The molecule has 0 aliphatic rings. The molecule has 0 aliphatic heterocycles. The fourth-order valence-corrected chi connectivity index (χ4v) is 2.30. The molecular formula is C15H16N3O6S-. The minimum Gasteiger partial charge on any atom is -0.733 e. The molecule has 2 N–H and O–H groups in total. The number of aromatic nitrogens is 1. The third kappa shape index (κ3) is 5.41. The van der Waals surface area contributed by atoms with Crippen molar-refractivity contribution < 1.29 is 24.3 Å². The fraction of sp³-hybridized carbons (Fsp3) is 0.267. The van der Waals surface area contributed by atoms with Crippen molar-refractivity contribution in [2.24, 2.45) is 5.92 Å². The van der Waals surface area contributed by atoms with E-state index in [4.69, 9.17) is 14.7 Å². The SMILES string of the molecule is CC(C)COC(=O)Oc1ccccc1C(=O)Nc1ncc(N([O-])O)s1. The molecular weight excluding hydrogens is 350 g/mol. The summed E-state index contributed by atoms with van der Waals surface area (Å²) < 4.78 is 9.98. The molecule has 0 bridgehead atoms. The average Bonchev–Trinajstić information content (AvgIpc) is 3.02. The lowest BCUT2D eigenvalue weighted by molar-refractivity contribution is 0.0877. The molecule has 0 saturated heterocycles. The molecule has 2 rings (SSSR count). The number of anilines is 2. The lowest BCUT2D eigenvalue weighted by Crippen LogP contribution is -2.18. The van der Waals surface area contributed by atoms with E-state index < -0.39 is 12.1 Å². The number of nitrogens with zero attached hydrogens (tertiary/aromatic N) is 2. The molecule has 0 atom stereocenters. The van der Waals surface area contributed by atoms with Gasteiger partial charge in [0.15, 0.2) is 5.13 Å². The Labute approximate surface area is 147 Å². The molecule has 0 fully saturated rings. The lowest BCUT2D eigenvalue weighted by Gasteiger charge is -2.17. The highest BCUT2D eigenvalue weighted by atomic mass is 32.1. The first-order valence-electron chi connectivity index (χ1n) is 7.23. The number of hydrogen-bond acceptors (Lipinski definition) is 9. The van der Waals surface area contributed by atoms with Crippen molar-refractivity contribution in [2.75, 3.05) is 17.2 Å². The van der Waals surface area contributed by atoms with Crippen LogP contribution in [0.25, 0.3) is 0 Å². The Kier molecular flexibility index (Phi) is 6.28. The third-order valence-corrected chi connectivity index (χ3v) is 3.63. The van der Waals surface area contributed by atoms with Gasteiger partial charge < -0.3 is 19.9 Å². The third-order valence-electron chi connectivity index (χ3n) is 2.76. The van der Waals surface area contributed by atoms with Crippen LogP contribution in [0, 0.1) is 11.1 Å². The number of para-hydroxylation sites is 1. The van der Waals surface area contributed by atoms with Crippen LogP contribution in [0.15, 0.2) is 30.5 Å². The Morgan fingerprint density at radius 3 is 2.76 bits per heavy atom. The van der Waals surface area contributed by atoms with E-state index in [-0.39, 0.29) is 39.2 Å². The average molecular weight is 366 g/mol. The number of benzene rings is 1. The quantitative estimate of drug-likeness (QED) is 0.453. The molecule has 1 amide bonds. The Hall–Kier alpha value is -2.69. The van der Waals surface area contributed by atoms with Gasteiger partial charge in [0, 0.05) is 0 Å². The molecule has 9 nitrogen and oxygen atoms in total. The largest absolute Gasteiger partial charge is 0.733 e. The molecule has 0 aliphatic carbocycles. The summed E-state index contributed by atoms with van der Waals surface area (Å²) in [5.41, 5.74) is 0.0868. The van der Waals surface area contributed by atoms with Gasteiger partial charge in [-0.3, -0.25) is 15.3 Å². The van der Waals surface area contributed by atoms with Gasteiger partial charge in [-0.2, -0.15) is 0 Å². The molecule has 0 saturated carbocycles. The number of carbonyl (C=O) groups excluding carboxylic acids is 2. The Balaban J connectivity index is 2.07. The highest BCUT2D eigenvalue weighted by Crippen LogP contribution is 2.27.